The molecule has 0 unspecified atom stereocenters. The fraction of sp³-hybridized carbons (Fsp3) is 0.364. The Labute approximate surface area is 177 Å². The number of ether oxygens (including phenoxy) is 2. The first kappa shape index (κ1) is 22.9. The van der Waals surface area contributed by atoms with Crippen molar-refractivity contribution in [2.75, 3.05) is 36.7 Å². The van der Waals surface area contributed by atoms with E-state index in [1.807, 2.05) is 43.3 Å². The van der Waals surface area contributed by atoms with Crippen LogP contribution < -0.4 is 25.6 Å². The Morgan fingerprint density at radius 3 is 2.40 bits per heavy atom. The van der Waals surface area contributed by atoms with E-state index in [1.54, 1.807) is 39.0 Å². The molecule has 8 heteroatoms. The van der Waals surface area contributed by atoms with Crippen LogP contribution in [0.25, 0.3) is 0 Å². The van der Waals surface area contributed by atoms with Crippen LogP contribution in [-0.2, 0) is 11.3 Å². The van der Waals surface area contributed by atoms with E-state index in [2.05, 4.69) is 16.0 Å². The Morgan fingerprint density at radius 1 is 1.03 bits per heavy atom. The van der Waals surface area contributed by atoms with Crippen molar-refractivity contribution in [3.63, 3.8) is 0 Å². The summed E-state index contributed by atoms with van der Waals surface area (Å²) in [5, 5.41) is 8.22. The van der Waals surface area contributed by atoms with Crippen molar-refractivity contribution >= 4 is 29.2 Å². The standard InChI is InChI=1S/C22H30N4O4/c1-22(2,3)30-21(28)25-18-13-16(10-11-19(18)29-6)24-20(27)23-14-15-8-7-9-17(12-15)26(4)5/h7-13H,14H2,1-6H3,(H,25,28)(H2,23,24,27). The van der Waals surface area contributed by atoms with Crippen LogP contribution in [0.15, 0.2) is 42.5 Å². The Morgan fingerprint density at radius 2 is 1.77 bits per heavy atom. The van der Waals surface area contributed by atoms with Crippen molar-refractivity contribution in [3.05, 3.63) is 48.0 Å². The van der Waals surface area contributed by atoms with Gasteiger partial charge in [0, 0.05) is 32.0 Å². The summed E-state index contributed by atoms with van der Waals surface area (Å²) < 4.78 is 10.5. The average Bonchev–Trinajstić information content (AvgIpc) is 2.65. The summed E-state index contributed by atoms with van der Waals surface area (Å²) in [5.41, 5.74) is 2.31. The summed E-state index contributed by atoms with van der Waals surface area (Å²) in [6, 6.07) is 12.5. The molecule has 2 aromatic carbocycles. The minimum Gasteiger partial charge on any atom is -0.495 e. The van der Waals surface area contributed by atoms with Crippen LogP contribution in [0.3, 0.4) is 0 Å². The molecule has 0 radical (unpaired) electrons. The number of nitrogens with one attached hydrogen (secondary N) is 3. The highest BCUT2D eigenvalue weighted by Crippen LogP contribution is 2.28. The van der Waals surface area contributed by atoms with Crippen molar-refractivity contribution in [1.29, 1.82) is 0 Å². The van der Waals surface area contributed by atoms with E-state index in [4.69, 9.17) is 9.47 Å². The number of methoxy groups -OCH3 is 1. The second-order valence-electron chi connectivity index (χ2n) is 7.91. The van der Waals surface area contributed by atoms with E-state index in [0.717, 1.165) is 11.3 Å². The third kappa shape index (κ3) is 7.20. The molecule has 0 saturated carbocycles. The van der Waals surface area contributed by atoms with Gasteiger partial charge < -0.3 is 25.0 Å². The summed E-state index contributed by atoms with van der Waals surface area (Å²) in [4.78, 5) is 26.4. The largest absolute Gasteiger partial charge is 0.495 e. The van der Waals surface area contributed by atoms with Gasteiger partial charge in [0.2, 0.25) is 0 Å². The second kappa shape index (κ2) is 9.87. The predicted molar refractivity (Wildman–Crippen MR) is 119 cm³/mol. The summed E-state index contributed by atoms with van der Waals surface area (Å²) >= 11 is 0. The average molecular weight is 415 g/mol. The molecule has 8 nitrogen and oxygen atoms in total. The number of carbonyl (C=O) groups is 2. The highest BCUT2D eigenvalue weighted by atomic mass is 16.6. The quantitative estimate of drug-likeness (QED) is 0.650. The molecule has 0 fully saturated rings. The molecule has 3 amide bonds. The third-order valence-electron chi connectivity index (χ3n) is 3.97. The molecular weight excluding hydrogens is 384 g/mol. The molecule has 162 valence electrons. The van der Waals surface area contributed by atoms with E-state index < -0.39 is 11.7 Å². The first-order valence-electron chi connectivity index (χ1n) is 9.56. The molecule has 3 N–H and O–H groups in total. The second-order valence-corrected chi connectivity index (χ2v) is 7.91. The molecule has 30 heavy (non-hydrogen) atoms. The molecule has 0 aliphatic carbocycles. The number of benzene rings is 2. The van der Waals surface area contributed by atoms with Gasteiger partial charge in [0.25, 0.3) is 0 Å². The molecule has 0 spiro atoms. The minimum absolute atomic E-state index is 0.362. The van der Waals surface area contributed by atoms with Crippen molar-refractivity contribution in [2.24, 2.45) is 0 Å². The van der Waals surface area contributed by atoms with Gasteiger partial charge in [0.05, 0.1) is 12.8 Å². The Hall–Kier alpha value is -3.42. The van der Waals surface area contributed by atoms with E-state index in [1.165, 1.54) is 7.11 Å². The van der Waals surface area contributed by atoms with E-state index in [-0.39, 0.29) is 6.03 Å². The van der Waals surface area contributed by atoms with Crippen LogP contribution in [-0.4, -0.2) is 38.9 Å². The summed E-state index contributed by atoms with van der Waals surface area (Å²) in [6.45, 7) is 5.72. The van der Waals surface area contributed by atoms with E-state index in [0.29, 0.717) is 23.7 Å². The molecule has 0 aromatic heterocycles. The van der Waals surface area contributed by atoms with Gasteiger partial charge in [-0.1, -0.05) is 12.1 Å². The lowest BCUT2D eigenvalue weighted by atomic mass is 10.2. The molecule has 0 aliphatic rings. The molecule has 0 aliphatic heterocycles. The number of urea groups is 1. The maximum absolute atomic E-state index is 12.3. The van der Waals surface area contributed by atoms with Crippen LogP contribution in [0.4, 0.5) is 26.7 Å². The van der Waals surface area contributed by atoms with Crippen LogP contribution in [0.2, 0.25) is 0 Å². The lowest BCUT2D eigenvalue weighted by Crippen LogP contribution is -2.28. The monoisotopic (exact) mass is 414 g/mol. The molecule has 2 rings (SSSR count). The highest BCUT2D eigenvalue weighted by Gasteiger charge is 2.18. The number of anilines is 3. The Bertz CT molecular complexity index is 891. The fourth-order valence-electron chi connectivity index (χ4n) is 2.60. The zero-order valence-corrected chi connectivity index (χ0v) is 18.3. The van der Waals surface area contributed by atoms with Crippen LogP contribution in [0.5, 0.6) is 5.75 Å². The van der Waals surface area contributed by atoms with Gasteiger partial charge in [0.1, 0.15) is 11.4 Å². The molecule has 2 aromatic rings. The lowest BCUT2D eigenvalue weighted by molar-refractivity contribution is 0.0635. The Kier molecular flexibility index (Phi) is 7.52. The number of hydrogen-bond donors (Lipinski definition) is 3. The zero-order valence-electron chi connectivity index (χ0n) is 18.3. The maximum Gasteiger partial charge on any atom is 0.412 e. The number of nitrogens with zero attached hydrogens (tertiary/aromatic N) is 1. The van der Waals surface area contributed by atoms with Crippen LogP contribution >= 0.6 is 0 Å². The number of rotatable bonds is 6. The third-order valence-corrected chi connectivity index (χ3v) is 3.97. The summed E-state index contributed by atoms with van der Waals surface area (Å²) in [5.74, 6) is 0.451. The fourth-order valence-corrected chi connectivity index (χ4v) is 2.60. The van der Waals surface area contributed by atoms with Crippen molar-refractivity contribution in [1.82, 2.24) is 5.32 Å². The first-order chi connectivity index (χ1) is 14.1. The van der Waals surface area contributed by atoms with Gasteiger partial charge >= 0.3 is 12.1 Å². The Balaban J connectivity index is 2.01. The van der Waals surface area contributed by atoms with Gasteiger partial charge in [0.15, 0.2) is 0 Å². The first-order valence-corrected chi connectivity index (χ1v) is 9.56. The van der Waals surface area contributed by atoms with E-state index in [9.17, 15) is 9.59 Å². The number of carbonyl (C=O) groups excluding carboxylic acids is 2. The smallest absolute Gasteiger partial charge is 0.412 e. The lowest BCUT2D eigenvalue weighted by Gasteiger charge is -2.20. The topological polar surface area (TPSA) is 91.9 Å². The van der Waals surface area contributed by atoms with Gasteiger partial charge in [-0.3, -0.25) is 5.32 Å². The predicted octanol–water partition coefficient (Wildman–Crippen LogP) is 4.43. The van der Waals surface area contributed by atoms with Gasteiger partial charge in [-0.2, -0.15) is 0 Å². The maximum atomic E-state index is 12.3. The van der Waals surface area contributed by atoms with Crippen molar-refractivity contribution in [3.8, 4) is 5.75 Å². The number of amides is 3. The molecule has 0 atom stereocenters. The SMILES string of the molecule is COc1ccc(NC(=O)NCc2cccc(N(C)C)c2)cc1NC(=O)OC(C)(C)C. The normalized spacial score (nSPS) is 10.7. The molecule has 0 bridgehead atoms. The van der Waals surface area contributed by atoms with Crippen LogP contribution in [0, 0.1) is 0 Å². The van der Waals surface area contributed by atoms with Crippen LogP contribution in [0.1, 0.15) is 26.3 Å². The van der Waals surface area contributed by atoms with E-state index >= 15 is 0 Å². The van der Waals surface area contributed by atoms with Gasteiger partial charge in [-0.05, 0) is 56.7 Å². The number of hydrogen-bond acceptors (Lipinski definition) is 5. The summed E-state index contributed by atoms with van der Waals surface area (Å²) in [7, 11) is 5.43. The summed E-state index contributed by atoms with van der Waals surface area (Å²) in [6.07, 6.45) is -0.608. The van der Waals surface area contributed by atoms with Gasteiger partial charge in [-0.25, -0.2) is 9.59 Å². The highest BCUT2D eigenvalue weighted by molar-refractivity contribution is 5.92. The zero-order chi connectivity index (χ0) is 22.3. The minimum atomic E-state index is -0.628. The molecule has 0 heterocycles. The van der Waals surface area contributed by atoms with Crippen molar-refractivity contribution in [2.45, 2.75) is 32.9 Å². The molecular formula is C22H30N4O4. The van der Waals surface area contributed by atoms with Crippen molar-refractivity contribution < 1.29 is 19.1 Å². The molecule has 0 saturated heterocycles. The van der Waals surface area contributed by atoms with Gasteiger partial charge in [-0.15, -0.1) is 0 Å².